The van der Waals surface area contributed by atoms with Crippen LogP contribution in [0.2, 0.25) is 0 Å². The number of anilines is 1. The van der Waals surface area contributed by atoms with E-state index in [1.54, 1.807) is 18.6 Å². The fraction of sp³-hybridized carbons (Fsp3) is 0.188. The Hall–Kier alpha value is -2.69. The second-order valence-electron chi connectivity index (χ2n) is 5.84. The van der Waals surface area contributed by atoms with Gasteiger partial charge in [0.1, 0.15) is 5.69 Å². The van der Waals surface area contributed by atoms with Crippen LogP contribution in [0.25, 0.3) is 22.3 Å². The van der Waals surface area contributed by atoms with E-state index in [1.165, 1.54) is 0 Å². The largest absolute Gasteiger partial charge is 0.353 e. The van der Waals surface area contributed by atoms with Crippen LogP contribution in [0.3, 0.4) is 0 Å². The van der Waals surface area contributed by atoms with Crippen LogP contribution >= 0.6 is 0 Å². The molecule has 1 aromatic carbocycles. The van der Waals surface area contributed by atoms with E-state index in [0.717, 1.165) is 33.5 Å². The summed E-state index contributed by atoms with van der Waals surface area (Å²) in [6.07, 6.45) is 5.05. The summed E-state index contributed by atoms with van der Waals surface area (Å²) in [5.41, 5.74) is 4.12. The van der Waals surface area contributed by atoms with Gasteiger partial charge in [-0.2, -0.15) is 0 Å². The molecule has 2 aromatic heterocycles. The Kier molecular flexibility index (Phi) is 2.25. The summed E-state index contributed by atoms with van der Waals surface area (Å²) in [5.74, 6) is 0.0410. The Morgan fingerprint density at radius 1 is 1.14 bits per heavy atom. The van der Waals surface area contributed by atoms with Crippen molar-refractivity contribution >= 4 is 22.5 Å². The number of hydrogen-bond acceptors (Lipinski definition) is 3. The monoisotopic (exact) mass is 278 g/mol. The van der Waals surface area contributed by atoms with E-state index in [-0.39, 0.29) is 5.91 Å². The summed E-state index contributed by atoms with van der Waals surface area (Å²) in [7, 11) is 0. The van der Waals surface area contributed by atoms with Crippen molar-refractivity contribution in [3.63, 3.8) is 0 Å². The Labute approximate surface area is 121 Å². The average Bonchev–Trinajstić information content (AvgIpc) is 2.98. The molecule has 21 heavy (non-hydrogen) atoms. The second kappa shape index (κ2) is 3.91. The zero-order chi connectivity index (χ0) is 14.6. The molecule has 0 unspecified atom stereocenters. The Morgan fingerprint density at radius 2 is 2.00 bits per heavy atom. The van der Waals surface area contributed by atoms with E-state index in [9.17, 15) is 4.79 Å². The van der Waals surface area contributed by atoms with Gasteiger partial charge in [0.2, 0.25) is 5.91 Å². The molecule has 0 fully saturated rings. The number of carbonyl (C=O) groups excluding carboxylic acids is 1. The van der Waals surface area contributed by atoms with E-state index in [2.05, 4.69) is 26.3 Å². The van der Waals surface area contributed by atoms with Crippen molar-refractivity contribution in [1.82, 2.24) is 15.0 Å². The van der Waals surface area contributed by atoms with Crippen LogP contribution in [-0.4, -0.2) is 20.9 Å². The van der Waals surface area contributed by atoms with Crippen LogP contribution in [-0.2, 0) is 10.2 Å². The fourth-order valence-corrected chi connectivity index (χ4v) is 2.78. The van der Waals surface area contributed by atoms with Crippen molar-refractivity contribution in [3.05, 3.63) is 42.4 Å². The van der Waals surface area contributed by atoms with Crippen LogP contribution < -0.4 is 5.32 Å². The molecule has 3 heterocycles. The minimum atomic E-state index is -0.493. The van der Waals surface area contributed by atoms with Crippen molar-refractivity contribution in [1.29, 1.82) is 0 Å². The first-order valence-electron chi connectivity index (χ1n) is 6.81. The zero-order valence-electron chi connectivity index (χ0n) is 11.8. The van der Waals surface area contributed by atoms with Crippen molar-refractivity contribution in [2.24, 2.45) is 0 Å². The van der Waals surface area contributed by atoms with Crippen molar-refractivity contribution < 1.29 is 4.79 Å². The van der Waals surface area contributed by atoms with E-state index in [0.29, 0.717) is 0 Å². The lowest BCUT2D eigenvalue weighted by Crippen LogP contribution is -2.26. The molecular formula is C16H14N4O. The van der Waals surface area contributed by atoms with Gasteiger partial charge in [-0.1, -0.05) is 0 Å². The number of aromatic nitrogens is 3. The predicted octanol–water partition coefficient (Wildman–Crippen LogP) is 2.85. The van der Waals surface area contributed by atoms with Crippen LogP contribution in [0.5, 0.6) is 0 Å². The fourth-order valence-electron chi connectivity index (χ4n) is 2.78. The SMILES string of the molecule is CC1(C)C(=O)Nc2cc3[nH]c(-c4cnccn4)cc3cc21. The van der Waals surface area contributed by atoms with Crippen molar-refractivity contribution in [2.75, 3.05) is 5.32 Å². The molecule has 0 saturated carbocycles. The van der Waals surface area contributed by atoms with Crippen LogP contribution in [0.1, 0.15) is 19.4 Å². The van der Waals surface area contributed by atoms with Gasteiger partial charge in [0, 0.05) is 29.0 Å². The lowest BCUT2D eigenvalue weighted by atomic mass is 9.86. The molecule has 5 nitrogen and oxygen atoms in total. The third-order valence-electron chi connectivity index (χ3n) is 4.09. The van der Waals surface area contributed by atoms with Crippen LogP contribution in [0, 0.1) is 0 Å². The highest BCUT2D eigenvalue weighted by Crippen LogP contribution is 2.40. The Balaban J connectivity index is 1.90. The number of carbonyl (C=O) groups is 1. The van der Waals surface area contributed by atoms with Crippen molar-refractivity contribution in [3.8, 4) is 11.4 Å². The highest BCUT2D eigenvalue weighted by atomic mass is 16.2. The van der Waals surface area contributed by atoms with E-state index in [1.807, 2.05) is 26.0 Å². The Morgan fingerprint density at radius 3 is 2.76 bits per heavy atom. The first-order chi connectivity index (χ1) is 10.1. The van der Waals surface area contributed by atoms with E-state index < -0.39 is 5.41 Å². The molecule has 0 atom stereocenters. The van der Waals surface area contributed by atoms with Gasteiger partial charge >= 0.3 is 0 Å². The molecule has 4 rings (SSSR count). The summed E-state index contributed by atoms with van der Waals surface area (Å²) < 4.78 is 0. The molecule has 0 radical (unpaired) electrons. The molecule has 0 aliphatic carbocycles. The molecule has 0 bridgehead atoms. The normalized spacial score (nSPS) is 16.0. The number of benzene rings is 1. The number of nitrogens with zero attached hydrogens (tertiary/aromatic N) is 2. The van der Waals surface area contributed by atoms with Gasteiger partial charge in [0.25, 0.3) is 0 Å². The highest BCUT2D eigenvalue weighted by molar-refractivity contribution is 6.08. The molecule has 1 aliphatic heterocycles. The van der Waals surface area contributed by atoms with Crippen molar-refractivity contribution in [2.45, 2.75) is 19.3 Å². The average molecular weight is 278 g/mol. The van der Waals surface area contributed by atoms with Crippen LogP contribution in [0.4, 0.5) is 5.69 Å². The number of amides is 1. The maximum absolute atomic E-state index is 12.0. The maximum Gasteiger partial charge on any atom is 0.234 e. The molecule has 1 amide bonds. The summed E-state index contributed by atoms with van der Waals surface area (Å²) in [6, 6.07) is 6.09. The van der Waals surface area contributed by atoms with Gasteiger partial charge in [-0.15, -0.1) is 0 Å². The second-order valence-corrected chi connectivity index (χ2v) is 5.84. The molecule has 3 aromatic rings. The van der Waals surface area contributed by atoms with E-state index >= 15 is 0 Å². The quantitative estimate of drug-likeness (QED) is 0.719. The number of aromatic amines is 1. The van der Waals surface area contributed by atoms with Gasteiger partial charge in [0.15, 0.2) is 0 Å². The molecule has 0 spiro atoms. The predicted molar refractivity (Wildman–Crippen MR) is 81.0 cm³/mol. The molecule has 2 N–H and O–H groups in total. The highest BCUT2D eigenvalue weighted by Gasteiger charge is 2.38. The van der Waals surface area contributed by atoms with E-state index in [4.69, 9.17) is 0 Å². The first kappa shape index (κ1) is 12.1. The lowest BCUT2D eigenvalue weighted by molar-refractivity contribution is -0.119. The van der Waals surface area contributed by atoms with Gasteiger partial charge in [-0.3, -0.25) is 14.8 Å². The molecule has 1 aliphatic rings. The maximum atomic E-state index is 12.0. The van der Waals surface area contributed by atoms with Gasteiger partial charge in [0.05, 0.1) is 17.3 Å². The van der Waals surface area contributed by atoms with Gasteiger partial charge < -0.3 is 10.3 Å². The number of nitrogens with one attached hydrogen (secondary N) is 2. The number of hydrogen-bond donors (Lipinski definition) is 2. The lowest BCUT2D eigenvalue weighted by Gasteiger charge is -2.14. The third-order valence-corrected chi connectivity index (χ3v) is 4.09. The molecule has 104 valence electrons. The summed E-state index contributed by atoms with van der Waals surface area (Å²) in [4.78, 5) is 23.7. The smallest absolute Gasteiger partial charge is 0.234 e. The summed E-state index contributed by atoms with van der Waals surface area (Å²) in [5, 5.41) is 4.01. The molecule has 0 saturated heterocycles. The van der Waals surface area contributed by atoms with Gasteiger partial charge in [-0.25, -0.2) is 0 Å². The first-order valence-corrected chi connectivity index (χ1v) is 6.81. The third kappa shape index (κ3) is 1.67. The molecular weight excluding hydrogens is 264 g/mol. The number of rotatable bonds is 1. The number of fused-ring (bicyclic) bond motifs is 2. The minimum absolute atomic E-state index is 0.0410. The summed E-state index contributed by atoms with van der Waals surface area (Å²) in [6.45, 7) is 3.88. The summed E-state index contributed by atoms with van der Waals surface area (Å²) >= 11 is 0. The molecule has 5 heteroatoms. The van der Waals surface area contributed by atoms with Crippen LogP contribution in [0.15, 0.2) is 36.8 Å². The standard InChI is InChI=1S/C16H14N4O/c1-16(2)10-5-9-6-13(14-8-17-3-4-18-14)19-11(9)7-12(10)20-15(16)21/h3-8,19H,1-2H3,(H,20,21). The zero-order valence-corrected chi connectivity index (χ0v) is 11.8. The van der Waals surface area contributed by atoms with Gasteiger partial charge in [-0.05, 0) is 37.6 Å². The topological polar surface area (TPSA) is 70.7 Å². The Bertz CT molecular complexity index is 865. The number of H-pyrrole nitrogens is 1. The minimum Gasteiger partial charge on any atom is -0.353 e.